The Morgan fingerprint density at radius 1 is 1.21 bits per heavy atom. The molecule has 1 amide bonds. The van der Waals surface area contributed by atoms with E-state index in [4.69, 9.17) is 0 Å². The van der Waals surface area contributed by atoms with E-state index in [9.17, 15) is 4.79 Å². The molecule has 0 unspecified atom stereocenters. The summed E-state index contributed by atoms with van der Waals surface area (Å²) in [6.45, 7) is 2.05. The first-order valence-electron chi connectivity index (χ1n) is 5.84. The molecule has 1 saturated carbocycles. The van der Waals surface area contributed by atoms with E-state index in [-0.39, 0.29) is 5.91 Å². The molecule has 80 valence electrons. The van der Waals surface area contributed by atoms with Crippen LogP contribution in [0.2, 0.25) is 0 Å². The monoisotopic (exact) mass is 196 g/mol. The van der Waals surface area contributed by atoms with Crippen LogP contribution in [0.1, 0.15) is 38.5 Å². The van der Waals surface area contributed by atoms with Crippen LogP contribution >= 0.6 is 0 Å². The van der Waals surface area contributed by atoms with Crippen LogP contribution in [0.15, 0.2) is 0 Å². The summed E-state index contributed by atoms with van der Waals surface area (Å²) < 4.78 is 0. The highest BCUT2D eigenvalue weighted by atomic mass is 16.1. The van der Waals surface area contributed by atoms with Crippen molar-refractivity contribution in [3.8, 4) is 0 Å². The zero-order valence-electron chi connectivity index (χ0n) is 8.72. The maximum atomic E-state index is 11.6. The minimum absolute atomic E-state index is 0.267. The zero-order chi connectivity index (χ0) is 9.80. The van der Waals surface area contributed by atoms with Crippen LogP contribution in [0, 0.1) is 5.92 Å². The number of carbonyl (C=O) groups excluding carboxylic acids is 1. The van der Waals surface area contributed by atoms with E-state index in [0.717, 1.165) is 19.5 Å². The molecule has 1 aliphatic heterocycles. The third-order valence-corrected chi connectivity index (χ3v) is 3.31. The Labute approximate surface area is 85.6 Å². The Morgan fingerprint density at radius 3 is 2.50 bits per heavy atom. The number of carbonyl (C=O) groups is 1. The Morgan fingerprint density at radius 2 is 1.93 bits per heavy atom. The number of rotatable bonds is 3. The largest absolute Gasteiger partial charge is 0.353 e. The second-order valence-electron chi connectivity index (χ2n) is 4.63. The molecule has 0 aromatic rings. The second-order valence-corrected chi connectivity index (χ2v) is 4.63. The van der Waals surface area contributed by atoms with Crippen LogP contribution in [0.4, 0.5) is 0 Å². The molecule has 2 N–H and O–H groups in total. The molecule has 1 saturated heterocycles. The first-order chi connectivity index (χ1) is 6.84. The number of amides is 1. The number of hydrogen-bond donors (Lipinski definition) is 2. The van der Waals surface area contributed by atoms with Crippen molar-refractivity contribution in [3.05, 3.63) is 0 Å². The van der Waals surface area contributed by atoms with Crippen molar-refractivity contribution < 1.29 is 4.79 Å². The summed E-state index contributed by atoms with van der Waals surface area (Å²) in [5.74, 6) is 0.863. The van der Waals surface area contributed by atoms with Gasteiger partial charge in [0.1, 0.15) is 0 Å². The maximum Gasteiger partial charge on any atom is 0.220 e. The van der Waals surface area contributed by atoms with Gasteiger partial charge in [-0.3, -0.25) is 4.79 Å². The number of hydrogen-bond acceptors (Lipinski definition) is 2. The topological polar surface area (TPSA) is 41.1 Å². The fourth-order valence-electron chi connectivity index (χ4n) is 2.29. The molecule has 2 aliphatic rings. The summed E-state index contributed by atoms with van der Waals surface area (Å²) in [6.07, 6.45) is 7.03. The highest BCUT2D eigenvalue weighted by molar-refractivity contribution is 5.76. The predicted molar refractivity (Wildman–Crippen MR) is 56.0 cm³/mol. The fourth-order valence-corrected chi connectivity index (χ4v) is 2.29. The second kappa shape index (κ2) is 4.78. The first-order valence-corrected chi connectivity index (χ1v) is 5.84. The van der Waals surface area contributed by atoms with Gasteiger partial charge < -0.3 is 10.6 Å². The Balaban J connectivity index is 1.64. The third kappa shape index (κ3) is 2.71. The predicted octanol–water partition coefficient (Wildman–Crippen LogP) is 1.04. The van der Waals surface area contributed by atoms with E-state index in [1.165, 1.54) is 32.1 Å². The summed E-state index contributed by atoms with van der Waals surface area (Å²) in [5, 5.41) is 6.34. The van der Waals surface area contributed by atoms with Crippen LogP contribution in [0.3, 0.4) is 0 Å². The lowest BCUT2D eigenvalue weighted by Crippen LogP contribution is -2.46. The first kappa shape index (κ1) is 9.97. The fraction of sp³-hybridized carbons (Fsp3) is 0.909. The molecule has 1 heterocycles. The molecule has 3 nitrogen and oxygen atoms in total. The summed E-state index contributed by atoms with van der Waals surface area (Å²) in [7, 11) is 0. The van der Waals surface area contributed by atoms with Crippen LogP contribution < -0.4 is 10.6 Å². The smallest absolute Gasteiger partial charge is 0.220 e. The van der Waals surface area contributed by atoms with E-state index >= 15 is 0 Å². The molecule has 0 atom stereocenters. The molecule has 0 radical (unpaired) electrons. The Kier molecular flexibility index (Phi) is 3.40. The van der Waals surface area contributed by atoms with Crippen molar-refractivity contribution in [2.45, 2.75) is 44.6 Å². The minimum atomic E-state index is 0.267. The highest BCUT2D eigenvalue weighted by Gasteiger charge is 2.22. The van der Waals surface area contributed by atoms with Gasteiger partial charge in [0.15, 0.2) is 0 Å². The highest BCUT2D eigenvalue weighted by Crippen LogP contribution is 2.18. The van der Waals surface area contributed by atoms with Crippen molar-refractivity contribution in [1.29, 1.82) is 0 Å². The standard InChI is InChI=1S/C11H20N2O/c14-11(6-9-7-12-8-9)13-10-4-2-1-3-5-10/h9-10,12H,1-8H2,(H,13,14). The van der Waals surface area contributed by atoms with E-state index in [0.29, 0.717) is 12.0 Å². The van der Waals surface area contributed by atoms with Crippen molar-refractivity contribution in [2.24, 2.45) is 5.92 Å². The van der Waals surface area contributed by atoms with E-state index in [2.05, 4.69) is 10.6 Å². The molecule has 0 aromatic carbocycles. The molecule has 2 rings (SSSR count). The lowest BCUT2D eigenvalue weighted by atomic mass is 9.94. The van der Waals surface area contributed by atoms with Crippen molar-refractivity contribution in [1.82, 2.24) is 10.6 Å². The molecule has 14 heavy (non-hydrogen) atoms. The molecule has 3 heteroatoms. The molecule has 0 bridgehead atoms. The van der Waals surface area contributed by atoms with Gasteiger partial charge in [-0.2, -0.15) is 0 Å². The van der Waals surface area contributed by atoms with Gasteiger partial charge in [-0.1, -0.05) is 19.3 Å². The Bertz CT molecular complexity index is 195. The molecule has 0 spiro atoms. The Hall–Kier alpha value is -0.570. The minimum Gasteiger partial charge on any atom is -0.353 e. The van der Waals surface area contributed by atoms with Crippen LogP contribution in [-0.4, -0.2) is 25.0 Å². The molecule has 2 fully saturated rings. The van der Waals surface area contributed by atoms with Crippen molar-refractivity contribution in [3.63, 3.8) is 0 Å². The van der Waals surface area contributed by atoms with Gasteiger partial charge in [0, 0.05) is 12.5 Å². The number of nitrogens with one attached hydrogen (secondary N) is 2. The lowest BCUT2D eigenvalue weighted by molar-refractivity contribution is -0.123. The van der Waals surface area contributed by atoms with Gasteiger partial charge >= 0.3 is 0 Å². The van der Waals surface area contributed by atoms with Gasteiger partial charge in [0.2, 0.25) is 5.91 Å². The van der Waals surface area contributed by atoms with Gasteiger partial charge in [-0.15, -0.1) is 0 Å². The van der Waals surface area contributed by atoms with Gasteiger partial charge in [0.25, 0.3) is 0 Å². The quantitative estimate of drug-likeness (QED) is 0.708. The SMILES string of the molecule is O=C(CC1CNC1)NC1CCCCC1. The van der Waals surface area contributed by atoms with Crippen LogP contribution in [-0.2, 0) is 4.79 Å². The third-order valence-electron chi connectivity index (χ3n) is 3.31. The maximum absolute atomic E-state index is 11.6. The molecule has 0 aromatic heterocycles. The van der Waals surface area contributed by atoms with E-state index < -0.39 is 0 Å². The van der Waals surface area contributed by atoms with Gasteiger partial charge in [0.05, 0.1) is 0 Å². The molecule has 1 aliphatic carbocycles. The lowest BCUT2D eigenvalue weighted by Gasteiger charge is -2.28. The van der Waals surface area contributed by atoms with E-state index in [1.54, 1.807) is 0 Å². The average molecular weight is 196 g/mol. The van der Waals surface area contributed by atoms with Crippen LogP contribution in [0.25, 0.3) is 0 Å². The summed E-state index contributed by atoms with van der Waals surface area (Å²) in [4.78, 5) is 11.6. The summed E-state index contributed by atoms with van der Waals surface area (Å²) in [6, 6.07) is 0.476. The van der Waals surface area contributed by atoms with Crippen molar-refractivity contribution >= 4 is 5.91 Å². The van der Waals surface area contributed by atoms with E-state index in [1.807, 2.05) is 0 Å². The normalized spacial score (nSPS) is 24.3. The molecular weight excluding hydrogens is 176 g/mol. The van der Waals surface area contributed by atoms with Gasteiger partial charge in [-0.05, 0) is 31.8 Å². The average Bonchev–Trinajstić information content (AvgIpc) is 2.13. The van der Waals surface area contributed by atoms with Gasteiger partial charge in [-0.25, -0.2) is 0 Å². The molecular formula is C11H20N2O. The summed E-state index contributed by atoms with van der Waals surface area (Å²) >= 11 is 0. The summed E-state index contributed by atoms with van der Waals surface area (Å²) in [5.41, 5.74) is 0. The zero-order valence-corrected chi connectivity index (χ0v) is 8.72. The van der Waals surface area contributed by atoms with Crippen LogP contribution in [0.5, 0.6) is 0 Å². The van der Waals surface area contributed by atoms with Crippen molar-refractivity contribution in [2.75, 3.05) is 13.1 Å².